The van der Waals surface area contributed by atoms with Crippen LogP contribution in [0.25, 0.3) is 0 Å². The molecule has 0 bridgehead atoms. The van der Waals surface area contributed by atoms with Gasteiger partial charge in [-0.05, 0) is 24.3 Å². The van der Waals surface area contributed by atoms with Crippen molar-refractivity contribution in [2.24, 2.45) is 0 Å². The molecule has 3 N–H and O–H groups in total. The second-order valence-corrected chi connectivity index (χ2v) is 5.60. The summed E-state index contributed by atoms with van der Waals surface area (Å²) in [6.45, 7) is 1.91. The van der Waals surface area contributed by atoms with Crippen LogP contribution in [0.5, 0.6) is 0 Å². The van der Waals surface area contributed by atoms with E-state index in [0.29, 0.717) is 30.9 Å². The molecule has 1 aromatic carbocycles. The predicted octanol–water partition coefficient (Wildman–Crippen LogP) is -0.851. The number of nitrogens with one attached hydrogen (secondary N) is 2. The van der Waals surface area contributed by atoms with Gasteiger partial charge in [-0.2, -0.15) is 0 Å². The monoisotopic (exact) mass is 318 g/mol. The van der Waals surface area contributed by atoms with Crippen molar-refractivity contribution >= 4 is 23.5 Å². The van der Waals surface area contributed by atoms with Gasteiger partial charge in [-0.1, -0.05) is 0 Å². The smallest absolute Gasteiger partial charge is 0.329 e. The van der Waals surface area contributed by atoms with Gasteiger partial charge in [0.15, 0.2) is 0 Å². The highest BCUT2D eigenvalue weighted by molar-refractivity contribution is 6.12. The molecule has 1 atom stereocenters. The SMILES string of the molecule is O=C1CN(c2ccc(C(=O)N3CCNC[C@@H](O)C3)cc2)C(=O)N1. The molecular weight excluding hydrogens is 300 g/mol. The molecule has 0 spiro atoms. The summed E-state index contributed by atoms with van der Waals surface area (Å²) in [5.74, 6) is -0.512. The maximum atomic E-state index is 12.5. The molecule has 0 unspecified atom stereocenters. The molecule has 8 nitrogen and oxygen atoms in total. The molecule has 2 fully saturated rings. The molecule has 0 saturated carbocycles. The summed E-state index contributed by atoms with van der Waals surface area (Å²) in [6, 6.07) is 6.06. The molecule has 8 heteroatoms. The van der Waals surface area contributed by atoms with Crippen molar-refractivity contribution in [2.75, 3.05) is 37.6 Å². The molecule has 0 aliphatic carbocycles. The van der Waals surface area contributed by atoms with Crippen molar-refractivity contribution in [3.05, 3.63) is 29.8 Å². The van der Waals surface area contributed by atoms with Gasteiger partial charge in [0, 0.05) is 37.4 Å². The number of imide groups is 1. The van der Waals surface area contributed by atoms with Crippen molar-refractivity contribution < 1.29 is 19.5 Å². The Labute approximate surface area is 133 Å². The van der Waals surface area contributed by atoms with Gasteiger partial charge < -0.3 is 15.3 Å². The Bertz CT molecular complexity index is 631. The predicted molar refractivity (Wildman–Crippen MR) is 82.1 cm³/mol. The van der Waals surface area contributed by atoms with E-state index in [4.69, 9.17) is 0 Å². The Balaban J connectivity index is 1.72. The summed E-state index contributed by atoms with van der Waals surface area (Å²) in [4.78, 5) is 38.2. The minimum atomic E-state index is -0.583. The van der Waals surface area contributed by atoms with Gasteiger partial charge in [0.05, 0.1) is 6.10 Å². The number of rotatable bonds is 2. The third-order valence-electron chi connectivity index (χ3n) is 3.88. The second kappa shape index (κ2) is 6.35. The largest absolute Gasteiger partial charge is 0.390 e. The number of urea groups is 1. The topological polar surface area (TPSA) is 102 Å². The van der Waals surface area contributed by atoms with Gasteiger partial charge in [0.25, 0.3) is 5.91 Å². The van der Waals surface area contributed by atoms with Crippen LogP contribution in [-0.2, 0) is 4.79 Å². The van der Waals surface area contributed by atoms with E-state index in [-0.39, 0.29) is 24.9 Å². The van der Waals surface area contributed by atoms with Gasteiger partial charge in [0.1, 0.15) is 6.54 Å². The lowest BCUT2D eigenvalue weighted by atomic mass is 10.1. The number of carbonyl (C=O) groups excluding carboxylic acids is 3. The Morgan fingerprint density at radius 2 is 1.96 bits per heavy atom. The van der Waals surface area contributed by atoms with E-state index in [0.717, 1.165) is 0 Å². The Morgan fingerprint density at radius 3 is 2.61 bits per heavy atom. The molecule has 2 aliphatic rings. The van der Waals surface area contributed by atoms with Crippen LogP contribution in [0.15, 0.2) is 24.3 Å². The van der Waals surface area contributed by atoms with Crippen LogP contribution in [0.3, 0.4) is 0 Å². The molecule has 122 valence electrons. The molecule has 2 aliphatic heterocycles. The molecular formula is C15H18N4O4. The van der Waals surface area contributed by atoms with E-state index in [9.17, 15) is 19.5 Å². The summed E-state index contributed by atoms with van der Waals surface area (Å²) < 4.78 is 0. The lowest BCUT2D eigenvalue weighted by Crippen LogP contribution is -2.37. The highest BCUT2D eigenvalue weighted by atomic mass is 16.3. The first-order valence-electron chi connectivity index (χ1n) is 7.44. The second-order valence-electron chi connectivity index (χ2n) is 5.60. The van der Waals surface area contributed by atoms with Gasteiger partial charge >= 0.3 is 6.03 Å². The van der Waals surface area contributed by atoms with Crippen molar-refractivity contribution in [1.29, 1.82) is 0 Å². The van der Waals surface area contributed by atoms with Crippen molar-refractivity contribution in [2.45, 2.75) is 6.10 Å². The number of anilines is 1. The number of amides is 4. The number of β-amino-alcohol motifs (C(OH)–C–C–N with tert-alkyl or cyclic N) is 1. The minimum Gasteiger partial charge on any atom is -0.390 e. The normalized spacial score (nSPS) is 22.0. The molecule has 3 rings (SSSR count). The standard InChI is InChI=1S/C15H18N4O4/c20-12-7-16-5-6-18(8-12)14(22)10-1-3-11(4-2-10)19-9-13(21)17-15(19)23/h1-4,12,16,20H,5-9H2,(H,17,21,23)/t12-/m1/s1. The summed E-state index contributed by atoms with van der Waals surface area (Å²) in [5, 5.41) is 15.0. The lowest BCUT2D eigenvalue weighted by molar-refractivity contribution is -0.117. The Kier molecular flexibility index (Phi) is 4.26. The summed E-state index contributed by atoms with van der Waals surface area (Å²) in [6.07, 6.45) is -0.583. The van der Waals surface area contributed by atoms with Crippen molar-refractivity contribution in [3.63, 3.8) is 0 Å². The van der Waals surface area contributed by atoms with Crippen LogP contribution in [0.4, 0.5) is 10.5 Å². The van der Waals surface area contributed by atoms with Crippen LogP contribution in [0.2, 0.25) is 0 Å². The fraction of sp³-hybridized carbons (Fsp3) is 0.400. The maximum absolute atomic E-state index is 12.5. The van der Waals surface area contributed by atoms with Crippen LogP contribution < -0.4 is 15.5 Å². The molecule has 1 aromatic rings. The fourth-order valence-corrected chi connectivity index (χ4v) is 2.69. The Hall–Kier alpha value is -2.45. The number of hydrogen-bond donors (Lipinski definition) is 3. The molecule has 2 saturated heterocycles. The number of nitrogens with zero attached hydrogens (tertiary/aromatic N) is 2. The van der Waals surface area contributed by atoms with Gasteiger partial charge in [-0.15, -0.1) is 0 Å². The third kappa shape index (κ3) is 3.33. The van der Waals surface area contributed by atoms with Gasteiger partial charge in [-0.3, -0.25) is 19.8 Å². The van der Waals surface area contributed by atoms with Crippen molar-refractivity contribution in [3.8, 4) is 0 Å². The average Bonchev–Trinajstić information content (AvgIpc) is 2.73. The fourth-order valence-electron chi connectivity index (χ4n) is 2.69. The van der Waals surface area contributed by atoms with E-state index in [1.807, 2.05) is 0 Å². The number of hydrogen-bond acceptors (Lipinski definition) is 5. The van der Waals surface area contributed by atoms with E-state index in [1.165, 1.54) is 4.90 Å². The highest BCUT2D eigenvalue weighted by Gasteiger charge is 2.28. The van der Waals surface area contributed by atoms with Crippen LogP contribution in [-0.4, -0.2) is 66.7 Å². The molecule has 23 heavy (non-hydrogen) atoms. The minimum absolute atomic E-state index is 0.0177. The van der Waals surface area contributed by atoms with Crippen LogP contribution in [0.1, 0.15) is 10.4 Å². The number of carbonyl (C=O) groups is 3. The quantitative estimate of drug-likeness (QED) is 0.617. The average molecular weight is 318 g/mol. The van der Waals surface area contributed by atoms with Crippen molar-refractivity contribution in [1.82, 2.24) is 15.5 Å². The molecule has 4 amide bonds. The number of aliphatic hydroxyl groups excluding tert-OH is 1. The zero-order valence-corrected chi connectivity index (χ0v) is 12.5. The first kappa shape index (κ1) is 15.4. The van der Waals surface area contributed by atoms with Crippen LogP contribution in [0, 0.1) is 0 Å². The highest BCUT2D eigenvalue weighted by Crippen LogP contribution is 2.18. The maximum Gasteiger partial charge on any atom is 0.329 e. The van der Waals surface area contributed by atoms with E-state index >= 15 is 0 Å². The first-order chi connectivity index (χ1) is 11.0. The van der Waals surface area contributed by atoms with Gasteiger partial charge in [0.2, 0.25) is 5.91 Å². The summed E-state index contributed by atoms with van der Waals surface area (Å²) in [7, 11) is 0. The van der Waals surface area contributed by atoms with E-state index in [1.54, 1.807) is 29.2 Å². The molecule has 0 radical (unpaired) electrons. The third-order valence-corrected chi connectivity index (χ3v) is 3.88. The van der Waals surface area contributed by atoms with E-state index in [2.05, 4.69) is 10.6 Å². The van der Waals surface area contributed by atoms with Gasteiger partial charge in [-0.25, -0.2) is 4.79 Å². The summed E-state index contributed by atoms with van der Waals surface area (Å²) >= 11 is 0. The van der Waals surface area contributed by atoms with E-state index < -0.39 is 12.1 Å². The molecule has 0 aromatic heterocycles. The van der Waals surface area contributed by atoms with Crippen LogP contribution >= 0.6 is 0 Å². The number of aliphatic hydroxyl groups is 1. The lowest BCUT2D eigenvalue weighted by Gasteiger charge is -2.22. The zero-order chi connectivity index (χ0) is 16.4. The summed E-state index contributed by atoms with van der Waals surface area (Å²) in [5.41, 5.74) is 1.04. The molecule has 2 heterocycles. The number of benzene rings is 1. The zero-order valence-electron chi connectivity index (χ0n) is 12.5. The first-order valence-corrected chi connectivity index (χ1v) is 7.44. The Morgan fingerprint density at radius 1 is 1.22 bits per heavy atom.